The smallest absolute Gasteiger partial charge is 0.191 e. The summed E-state index contributed by atoms with van der Waals surface area (Å²) in [5.41, 5.74) is 1.75. The number of para-hydroxylation sites is 2. The van der Waals surface area contributed by atoms with E-state index in [1.807, 2.05) is 31.2 Å². The zero-order valence-corrected chi connectivity index (χ0v) is 19.4. The van der Waals surface area contributed by atoms with Crippen molar-refractivity contribution in [1.82, 2.24) is 10.6 Å². The first-order chi connectivity index (χ1) is 13.7. The highest BCUT2D eigenvalue weighted by Gasteiger charge is 2.24. The molecule has 7 heteroatoms. The highest BCUT2D eigenvalue weighted by Crippen LogP contribution is 2.31. The van der Waals surface area contributed by atoms with E-state index in [1.165, 1.54) is 6.07 Å². The Morgan fingerprint density at radius 3 is 2.69 bits per heavy atom. The molecular weight excluding hydrogens is 482 g/mol. The summed E-state index contributed by atoms with van der Waals surface area (Å²) >= 11 is 0. The van der Waals surface area contributed by atoms with Crippen LogP contribution in [-0.4, -0.2) is 39.2 Å². The van der Waals surface area contributed by atoms with Gasteiger partial charge >= 0.3 is 0 Å². The lowest BCUT2D eigenvalue weighted by molar-refractivity contribution is 0.414. The fourth-order valence-corrected chi connectivity index (χ4v) is 3.48. The standard InChI is InChI=1S/C22H29FN4O.HI/c1-3-24-22(26-15-18-8-4-5-9-19(18)23)25-14-17-12-13-27(16-17)20-10-6-7-11-21(20)28-2;/h4-11,17H,3,12-16H2,1-2H3,(H2,24,25,26);1H. The number of methoxy groups -OCH3 is 1. The third-order valence-corrected chi connectivity index (χ3v) is 4.98. The molecule has 0 saturated carbocycles. The van der Waals surface area contributed by atoms with Crippen molar-refractivity contribution >= 4 is 35.6 Å². The van der Waals surface area contributed by atoms with E-state index < -0.39 is 0 Å². The van der Waals surface area contributed by atoms with E-state index in [0.717, 1.165) is 50.0 Å². The summed E-state index contributed by atoms with van der Waals surface area (Å²) in [6, 6.07) is 14.9. The Kier molecular flexibility index (Phi) is 9.50. The molecule has 1 atom stereocenters. The van der Waals surface area contributed by atoms with Crippen LogP contribution < -0.4 is 20.3 Å². The highest BCUT2D eigenvalue weighted by atomic mass is 127. The van der Waals surface area contributed by atoms with Crippen LogP contribution in [0.25, 0.3) is 0 Å². The molecule has 2 aromatic carbocycles. The lowest BCUT2D eigenvalue weighted by atomic mass is 10.1. The quantitative estimate of drug-likeness (QED) is 0.334. The number of nitrogens with one attached hydrogen (secondary N) is 2. The molecule has 1 aliphatic heterocycles. The van der Waals surface area contributed by atoms with E-state index in [2.05, 4.69) is 26.6 Å². The van der Waals surface area contributed by atoms with Crippen molar-refractivity contribution in [3.05, 3.63) is 59.9 Å². The van der Waals surface area contributed by atoms with Gasteiger partial charge in [-0.2, -0.15) is 0 Å². The molecule has 2 aromatic rings. The summed E-state index contributed by atoms with van der Waals surface area (Å²) in [7, 11) is 1.71. The lowest BCUT2D eigenvalue weighted by Gasteiger charge is -2.21. The molecule has 0 aromatic heterocycles. The number of ether oxygens (including phenoxy) is 1. The second kappa shape index (κ2) is 11.8. The van der Waals surface area contributed by atoms with Gasteiger partial charge in [0.15, 0.2) is 5.96 Å². The van der Waals surface area contributed by atoms with Gasteiger partial charge in [0, 0.05) is 31.7 Å². The highest BCUT2D eigenvalue weighted by molar-refractivity contribution is 14.0. The molecule has 1 aliphatic rings. The third-order valence-electron chi connectivity index (χ3n) is 4.98. The Morgan fingerprint density at radius 1 is 1.17 bits per heavy atom. The molecule has 29 heavy (non-hydrogen) atoms. The van der Waals surface area contributed by atoms with E-state index in [-0.39, 0.29) is 29.8 Å². The molecule has 0 bridgehead atoms. The largest absolute Gasteiger partial charge is 0.495 e. The first-order valence-electron chi connectivity index (χ1n) is 9.84. The molecule has 0 spiro atoms. The van der Waals surface area contributed by atoms with Gasteiger partial charge in [0.1, 0.15) is 11.6 Å². The maximum atomic E-state index is 13.8. The van der Waals surface area contributed by atoms with Gasteiger partial charge in [0.05, 0.1) is 19.3 Å². The van der Waals surface area contributed by atoms with Gasteiger partial charge in [0.25, 0.3) is 0 Å². The molecule has 2 N–H and O–H groups in total. The van der Waals surface area contributed by atoms with Gasteiger partial charge in [-0.15, -0.1) is 24.0 Å². The predicted molar refractivity (Wildman–Crippen MR) is 128 cm³/mol. The minimum Gasteiger partial charge on any atom is -0.495 e. The Morgan fingerprint density at radius 2 is 1.93 bits per heavy atom. The first kappa shape index (κ1) is 23.3. The van der Waals surface area contributed by atoms with Crippen molar-refractivity contribution in [3.8, 4) is 5.75 Å². The maximum absolute atomic E-state index is 13.8. The number of hydrogen-bond donors (Lipinski definition) is 2. The second-order valence-electron chi connectivity index (χ2n) is 6.94. The molecule has 1 fully saturated rings. The average Bonchev–Trinajstić information content (AvgIpc) is 3.20. The molecule has 1 unspecified atom stereocenters. The molecule has 0 amide bonds. The number of guanidine groups is 1. The van der Waals surface area contributed by atoms with Crippen molar-refractivity contribution in [3.63, 3.8) is 0 Å². The zero-order valence-electron chi connectivity index (χ0n) is 17.0. The van der Waals surface area contributed by atoms with Crippen LogP contribution in [-0.2, 0) is 6.54 Å². The summed E-state index contributed by atoms with van der Waals surface area (Å²) in [6.45, 7) is 5.92. The van der Waals surface area contributed by atoms with Crippen LogP contribution in [0.4, 0.5) is 10.1 Å². The topological polar surface area (TPSA) is 48.9 Å². The number of rotatable bonds is 7. The zero-order chi connectivity index (χ0) is 19.8. The Hall–Kier alpha value is -2.03. The Balaban J connectivity index is 0.00000300. The fraction of sp³-hybridized carbons (Fsp3) is 0.409. The third kappa shape index (κ3) is 6.48. The van der Waals surface area contributed by atoms with E-state index in [4.69, 9.17) is 4.74 Å². The minimum atomic E-state index is -0.217. The van der Waals surface area contributed by atoms with Crippen molar-refractivity contribution in [2.24, 2.45) is 10.9 Å². The van der Waals surface area contributed by atoms with Gasteiger partial charge in [-0.1, -0.05) is 30.3 Å². The first-order valence-corrected chi connectivity index (χ1v) is 9.84. The molecule has 1 saturated heterocycles. The average molecular weight is 512 g/mol. The van der Waals surface area contributed by atoms with Crippen LogP contribution >= 0.6 is 24.0 Å². The molecule has 0 aliphatic carbocycles. The van der Waals surface area contributed by atoms with Crippen LogP contribution in [0.15, 0.2) is 53.5 Å². The van der Waals surface area contributed by atoms with Crippen LogP contribution in [0.1, 0.15) is 18.9 Å². The van der Waals surface area contributed by atoms with E-state index in [0.29, 0.717) is 18.0 Å². The van der Waals surface area contributed by atoms with Gasteiger partial charge in [-0.3, -0.25) is 0 Å². The number of hydrogen-bond acceptors (Lipinski definition) is 3. The number of benzene rings is 2. The molecule has 1 heterocycles. The van der Waals surface area contributed by atoms with Gasteiger partial charge in [-0.25, -0.2) is 9.38 Å². The number of aliphatic imine (C=N–C) groups is 1. The van der Waals surface area contributed by atoms with Gasteiger partial charge in [-0.05, 0) is 37.5 Å². The predicted octanol–water partition coefficient (Wildman–Crippen LogP) is 4.03. The van der Waals surface area contributed by atoms with Gasteiger partial charge < -0.3 is 20.3 Å². The second-order valence-corrected chi connectivity index (χ2v) is 6.94. The SMILES string of the molecule is CCNC(=NCc1ccccc1F)NCC1CCN(c2ccccc2OC)C1.I. The van der Waals surface area contributed by atoms with E-state index in [9.17, 15) is 4.39 Å². The molecular formula is C22H30FIN4O. The maximum Gasteiger partial charge on any atom is 0.191 e. The number of nitrogens with zero attached hydrogens (tertiary/aromatic N) is 2. The molecule has 3 rings (SSSR count). The summed E-state index contributed by atoms with van der Waals surface area (Å²) in [5, 5.41) is 6.65. The van der Waals surface area contributed by atoms with Crippen LogP contribution in [0.5, 0.6) is 5.75 Å². The molecule has 5 nitrogen and oxygen atoms in total. The Labute approximate surface area is 189 Å². The fourth-order valence-electron chi connectivity index (χ4n) is 3.48. The summed E-state index contributed by atoms with van der Waals surface area (Å²) in [4.78, 5) is 6.90. The normalized spacial score (nSPS) is 16.3. The molecule has 0 radical (unpaired) electrons. The van der Waals surface area contributed by atoms with Crippen LogP contribution in [0, 0.1) is 11.7 Å². The minimum absolute atomic E-state index is 0. The summed E-state index contributed by atoms with van der Waals surface area (Å²) in [6.07, 6.45) is 1.11. The summed E-state index contributed by atoms with van der Waals surface area (Å²) < 4.78 is 19.3. The van der Waals surface area contributed by atoms with E-state index in [1.54, 1.807) is 19.2 Å². The van der Waals surface area contributed by atoms with Crippen molar-refractivity contribution in [2.75, 3.05) is 38.2 Å². The van der Waals surface area contributed by atoms with E-state index >= 15 is 0 Å². The molecule has 158 valence electrons. The Bertz CT molecular complexity index is 802. The van der Waals surface area contributed by atoms with Crippen molar-refractivity contribution in [2.45, 2.75) is 19.9 Å². The lowest BCUT2D eigenvalue weighted by Crippen LogP contribution is -2.40. The number of halogens is 2. The monoisotopic (exact) mass is 512 g/mol. The van der Waals surface area contributed by atoms with Crippen LogP contribution in [0.3, 0.4) is 0 Å². The number of anilines is 1. The van der Waals surface area contributed by atoms with Crippen molar-refractivity contribution in [1.29, 1.82) is 0 Å². The summed E-state index contributed by atoms with van der Waals surface area (Å²) in [5.74, 6) is 1.94. The van der Waals surface area contributed by atoms with Gasteiger partial charge in [0.2, 0.25) is 0 Å². The van der Waals surface area contributed by atoms with Crippen molar-refractivity contribution < 1.29 is 9.13 Å². The van der Waals surface area contributed by atoms with Crippen LogP contribution in [0.2, 0.25) is 0 Å².